The fourth-order valence-corrected chi connectivity index (χ4v) is 3.84. The van der Waals surface area contributed by atoms with Gasteiger partial charge < -0.3 is 5.11 Å². The minimum absolute atomic E-state index is 0.0613. The van der Waals surface area contributed by atoms with E-state index >= 15 is 0 Å². The third-order valence-corrected chi connectivity index (χ3v) is 5.07. The monoisotopic (exact) mass is 250 g/mol. The molecule has 1 atom stereocenters. The van der Waals surface area contributed by atoms with Gasteiger partial charge in [-0.05, 0) is 18.1 Å². The predicted octanol–water partition coefficient (Wildman–Crippen LogP) is 3.02. The summed E-state index contributed by atoms with van der Waals surface area (Å²) in [7, 11) is 0. The van der Waals surface area contributed by atoms with E-state index < -0.39 is 17.3 Å². The molecule has 2 fully saturated rings. The molecule has 0 radical (unpaired) electrons. The lowest BCUT2D eigenvalue weighted by Crippen LogP contribution is -2.53. The van der Waals surface area contributed by atoms with Crippen LogP contribution in [0, 0.1) is 11.3 Å². The van der Waals surface area contributed by atoms with Crippen molar-refractivity contribution in [2.24, 2.45) is 11.3 Å². The van der Waals surface area contributed by atoms with Crippen LogP contribution in [-0.4, -0.2) is 28.5 Å². The van der Waals surface area contributed by atoms with Gasteiger partial charge in [-0.2, -0.15) is 11.8 Å². The van der Waals surface area contributed by atoms with Gasteiger partial charge in [0.1, 0.15) is 5.41 Å². The van der Waals surface area contributed by atoms with Gasteiger partial charge >= 0.3 is 5.97 Å². The van der Waals surface area contributed by atoms with Crippen molar-refractivity contribution in [1.29, 1.82) is 0 Å². The number of carboxylic acids is 1. The summed E-state index contributed by atoms with van der Waals surface area (Å²) in [5, 5.41) is 9.20. The molecular formula is C11H16F2O2S. The highest BCUT2D eigenvalue weighted by Gasteiger charge is 2.61. The van der Waals surface area contributed by atoms with Crippen molar-refractivity contribution in [1.82, 2.24) is 0 Å². The van der Waals surface area contributed by atoms with E-state index in [1.807, 2.05) is 0 Å². The molecule has 2 nitrogen and oxygen atoms in total. The Bertz CT molecular complexity index is 292. The van der Waals surface area contributed by atoms with Gasteiger partial charge in [-0.25, -0.2) is 8.78 Å². The molecule has 1 saturated heterocycles. The van der Waals surface area contributed by atoms with Crippen LogP contribution in [0.4, 0.5) is 8.78 Å². The normalized spacial score (nSPS) is 34.4. The number of aliphatic carboxylic acids is 1. The zero-order valence-electron chi connectivity index (χ0n) is 9.05. The quantitative estimate of drug-likeness (QED) is 0.836. The zero-order valence-corrected chi connectivity index (χ0v) is 9.86. The van der Waals surface area contributed by atoms with Crippen LogP contribution in [0.15, 0.2) is 0 Å². The van der Waals surface area contributed by atoms with Gasteiger partial charge in [0, 0.05) is 12.2 Å². The summed E-state index contributed by atoms with van der Waals surface area (Å²) in [5.41, 5.74) is -1.80. The standard InChI is InChI=1S/C11H16F2O2S/c12-11(13)4-5-16-7-10(11,9(14)15)6-8-2-1-3-8/h8H,1-7H2,(H,14,15). The van der Waals surface area contributed by atoms with Crippen molar-refractivity contribution in [2.75, 3.05) is 11.5 Å². The van der Waals surface area contributed by atoms with E-state index in [0.29, 0.717) is 5.75 Å². The molecule has 5 heteroatoms. The first kappa shape index (κ1) is 12.1. The number of halogens is 2. The maximum Gasteiger partial charge on any atom is 0.316 e. The van der Waals surface area contributed by atoms with Crippen molar-refractivity contribution < 1.29 is 18.7 Å². The lowest BCUT2D eigenvalue weighted by molar-refractivity contribution is -0.181. The Balaban J connectivity index is 2.20. The van der Waals surface area contributed by atoms with Gasteiger partial charge in [-0.3, -0.25) is 4.79 Å². The van der Waals surface area contributed by atoms with Crippen LogP contribution in [0.2, 0.25) is 0 Å². The molecule has 2 rings (SSSR count). The molecule has 2 aliphatic rings. The highest BCUT2D eigenvalue weighted by molar-refractivity contribution is 7.99. The molecule has 0 aromatic heterocycles. The number of carbonyl (C=O) groups is 1. The Morgan fingerprint density at radius 1 is 1.44 bits per heavy atom. The lowest BCUT2D eigenvalue weighted by atomic mass is 9.68. The lowest BCUT2D eigenvalue weighted by Gasteiger charge is -2.43. The van der Waals surface area contributed by atoms with Crippen molar-refractivity contribution in [2.45, 2.75) is 38.0 Å². The van der Waals surface area contributed by atoms with Crippen molar-refractivity contribution in [3.05, 3.63) is 0 Å². The third kappa shape index (κ3) is 1.83. The van der Waals surface area contributed by atoms with E-state index in [1.54, 1.807) is 0 Å². The molecule has 1 saturated carbocycles. The highest BCUT2D eigenvalue weighted by Crippen LogP contribution is 2.52. The largest absolute Gasteiger partial charge is 0.481 e. The molecule has 1 aliphatic heterocycles. The Kier molecular flexibility index (Phi) is 3.16. The molecule has 0 aromatic rings. The van der Waals surface area contributed by atoms with E-state index in [4.69, 9.17) is 0 Å². The first-order chi connectivity index (χ1) is 7.48. The number of hydrogen-bond acceptors (Lipinski definition) is 2. The fraction of sp³-hybridized carbons (Fsp3) is 0.909. The molecule has 1 heterocycles. The Hall–Kier alpha value is -0.320. The van der Waals surface area contributed by atoms with Gasteiger partial charge in [-0.15, -0.1) is 0 Å². The average Bonchev–Trinajstić information content (AvgIpc) is 2.12. The highest BCUT2D eigenvalue weighted by atomic mass is 32.2. The molecule has 1 aliphatic carbocycles. The Morgan fingerprint density at radius 3 is 2.56 bits per heavy atom. The van der Waals surface area contributed by atoms with Gasteiger partial charge in [-0.1, -0.05) is 19.3 Å². The van der Waals surface area contributed by atoms with E-state index in [-0.39, 0.29) is 24.5 Å². The predicted molar refractivity (Wildman–Crippen MR) is 58.9 cm³/mol. The minimum Gasteiger partial charge on any atom is -0.481 e. The molecule has 92 valence electrons. The molecule has 0 amide bonds. The summed E-state index contributed by atoms with van der Waals surface area (Å²) in [4.78, 5) is 11.3. The summed E-state index contributed by atoms with van der Waals surface area (Å²) >= 11 is 1.35. The van der Waals surface area contributed by atoms with Crippen LogP contribution in [-0.2, 0) is 4.79 Å². The maximum absolute atomic E-state index is 13.9. The van der Waals surface area contributed by atoms with E-state index in [1.165, 1.54) is 11.8 Å². The number of alkyl halides is 2. The van der Waals surface area contributed by atoms with Gasteiger partial charge in [0.15, 0.2) is 0 Å². The summed E-state index contributed by atoms with van der Waals surface area (Å²) < 4.78 is 27.8. The molecular weight excluding hydrogens is 234 g/mol. The minimum atomic E-state index is -3.04. The first-order valence-corrected chi connectivity index (χ1v) is 6.82. The number of carboxylic acid groups (broad SMARTS) is 1. The first-order valence-electron chi connectivity index (χ1n) is 5.67. The molecule has 0 spiro atoms. The fourth-order valence-electron chi connectivity index (χ4n) is 2.50. The van der Waals surface area contributed by atoms with Gasteiger partial charge in [0.05, 0.1) is 0 Å². The molecule has 1 N–H and O–H groups in total. The second-order valence-electron chi connectivity index (χ2n) is 4.90. The summed E-state index contributed by atoms with van der Waals surface area (Å²) in [6.45, 7) is 0. The Morgan fingerprint density at radius 2 is 2.12 bits per heavy atom. The number of hydrogen-bond donors (Lipinski definition) is 1. The molecule has 0 aromatic carbocycles. The second-order valence-corrected chi connectivity index (χ2v) is 6.00. The van der Waals surface area contributed by atoms with E-state index in [9.17, 15) is 18.7 Å². The second kappa shape index (κ2) is 4.17. The molecule has 16 heavy (non-hydrogen) atoms. The third-order valence-electron chi connectivity index (χ3n) is 3.88. The SMILES string of the molecule is O=C(O)C1(CC2CCC2)CSCCC1(F)F. The van der Waals surface area contributed by atoms with Crippen LogP contribution in [0.25, 0.3) is 0 Å². The van der Waals surface area contributed by atoms with Crippen LogP contribution < -0.4 is 0 Å². The molecule has 1 unspecified atom stereocenters. The summed E-state index contributed by atoms with van der Waals surface area (Å²) in [5.74, 6) is -3.73. The Labute approximate surface area is 97.8 Å². The van der Waals surface area contributed by atoms with Crippen LogP contribution in [0.5, 0.6) is 0 Å². The van der Waals surface area contributed by atoms with Crippen LogP contribution in [0.1, 0.15) is 32.1 Å². The topological polar surface area (TPSA) is 37.3 Å². The number of rotatable bonds is 3. The zero-order chi connectivity index (χ0) is 11.8. The van der Waals surface area contributed by atoms with Crippen molar-refractivity contribution in [3.63, 3.8) is 0 Å². The van der Waals surface area contributed by atoms with E-state index in [2.05, 4.69) is 0 Å². The molecule has 0 bridgehead atoms. The maximum atomic E-state index is 13.9. The van der Waals surface area contributed by atoms with Crippen LogP contribution >= 0.6 is 11.8 Å². The summed E-state index contributed by atoms with van der Waals surface area (Å²) in [6, 6.07) is 0. The average molecular weight is 250 g/mol. The summed E-state index contributed by atoms with van der Waals surface area (Å²) in [6.07, 6.45) is 2.74. The van der Waals surface area contributed by atoms with Crippen LogP contribution in [0.3, 0.4) is 0 Å². The van der Waals surface area contributed by atoms with Crippen molar-refractivity contribution >= 4 is 17.7 Å². The van der Waals surface area contributed by atoms with Gasteiger partial charge in [0.2, 0.25) is 0 Å². The van der Waals surface area contributed by atoms with Crippen molar-refractivity contribution in [3.8, 4) is 0 Å². The van der Waals surface area contributed by atoms with Gasteiger partial charge in [0.25, 0.3) is 5.92 Å². The smallest absolute Gasteiger partial charge is 0.316 e. The number of thioether (sulfide) groups is 1. The van der Waals surface area contributed by atoms with E-state index in [0.717, 1.165) is 19.3 Å².